The summed E-state index contributed by atoms with van der Waals surface area (Å²) in [6, 6.07) is 20.1. The highest BCUT2D eigenvalue weighted by molar-refractivity contribution is 7.92. The van der Waals surface area contributed by atoms with Gasteiger partial charge in [0.25, 0.3) is 10.0 Å². The van der Waals surface area contributed by atoms with Crippen molar-refractivity contribution in [2.45, 2.75) is 57.5 Å². The zero-order valence-corrected chi connectivity index (χ0v) is 23.6. The molecular weight excluding hydrogens is 517 g/mol. The monoisotopic (exact) mass is 553 g/mol. The van der Waals surface area contributed by atoms with Crippen molar-refractivity contribution in [3.63, 3.8) is 0 Å². The summed E-state index contributed by atoms with van der Waals surface area (Å²) in [6.45, 7) is 6.75. The molecule has 9 heteroatoms. The number of benzene rings is 3. The molecule has 39 heavy (non-hydrogen) atoms. The van der Waals surface area contributed by atoms with Crippen molar-refractivity contribution in [3.8, 4) is 0 Å². The second-order valence-corrected chi connectivity index (χ2v) is 11.5. The molecule has 0 heterocycles. The summed E-state index contributed by atoms with van der Waals surface area (Å²) in [6.07, 6.45) is 1.17. The van der Waals surface area contributed by atoms with Gasteiger partial charge in [-0.05, 0) is 63.4 Å². The first-order valence-electron chi connectivity index (χ1n) is 13.0. The van der Waals surface area contributed by atoms with Gasteiger partial charge in [-0.2, -0.15) is 0 Å². The lowest BCUT2D eigenvalue weighted by atomic mass is 10.1. The number of sulfonamides is 1. The Hall–Kier alpha value is -3.72. The van der Waals surface area contributed by atoms with Gasteiger partial charge in [-0.15, -0.1) is 0 Å². The van der Waals surface area contributed by atoms with Crippen molar-refractivity contribution < 1.29 is 22.4 Å². The van der Waals surface area contributed by atoms with Gasteiger partial charge in [0.15, 0.2) is 0 Å². The van der Waals surface area contributed by atoms with E-state index in [4.69, 9.17) is 0 Å². The minimum atomic E-state index is -4.31. The maximum Gasteiger partial charge on any atom is 0.264 e. The van der Waals surface area contributed by atoms with Crippen molar-refractivity contribution in [3.05, 3.63) is 95.8 Å². The molecule has 0 unspecified atom stereocenters. The van der Waals surface area contributed by atoms with Crippen molar-refractivity contribution >= 4 is 27.5 Å². The van der Waals surface area contributed by atoms with Gasteiger partial charge in [-0.1, -0.05) is 67.1 Å². The Morgan fingerprint density at radius 3 is 2.15 bits per heavy atom. The lowest BCUT2D eigenvalue weighted by molar-refractivity contribution is -0.139. The molecule has 208 valence electrons. The first-order valence-corrected chi connectivity index (χ1v) is 14.5. The maximum absolute atomic E-state index is 14.9. The third-order valence-corrected chi connectivity index (χ3v) is 8.44. The Labute approximate surface area is 230 Å². The Kier molecular flexibility index (Phi) is 10.2. The normalized spacial score (nSPS) is 12.8. The van der Waals surface area contributed by atoms with Crippen LogP contribution in [0.2, 0.25) is 0 Å². The number of amides is 2. The molecule has 0 aromatic heterocycles. The number of nitrogens with zero attached hydrogens (tertiary/aromatic N) is 2. The molecule has 3 aromatic carbocycles. The maximum atomic E-state index is 14.9. The summed E-state index contributed by atoms with van der Waals surface area (Å²) in [5, 5.41) is 2.89. The van der Waals surface area contributed by atoms with Crippen molar-refractivity contribution in [1.82, 2.24) is 10.2 Å². The minimum Gasteiger partial charge on any atom is -0.352 e. The van der Waals surface area contributed by atoms with Gasteiger partial charge in [-0.3, -0.25) is 13.9 Å². The van der Waals surface area contributed by atoms with E-state index < -0.39 is 34.3 Å². The lowest BCUT2D eigenvalue weighted by Crippen LogP contribution is -2.53. The molecule has 2 amide bonds. The topological polar surface area (TPSA) is 86.8 Å². The van der Waals surface area contributed by atoms with E-state index in [-0.39, 0.29) is 29.1 Å². The van der Waals surface area contributed by atoms with Crippen molar-refractivity contribution in [1.29, 1.82) is 0 Å². The van der Waals surface area contributed by atoms with E-state index >= 15 is 0 Å². The van der Waals surface area contributed by atoms with Crippen LogP contribution in [0.15, 0.2) is 83.8 Å². The van der Waals surface area contributed by atoms with E-state index in [0.29, 0.717) is 12.8 Å². The molecule has 0 aliphatic carbocycles. The molecule has 0 aliphatic heterocycles. The summed E-state index contributed by atoms with van der Waals surface area (Å²) in [5.41, 5.74) is 1.57. The minimum absolute atomic E-state index is 0.0671. The number of para-hydroxylation sites is 1. The molecule has 0 bridgehead atoms. The zero-order valence-electron chi connectivity index (χ0n) is 22.8. The van der Waals surface area contributed by atoms with Crippen LogP contribution in [-0.4, -0.2) is 50.3 Å². The predicted octanol–water partition coefficient (Wildman–Crippen LogP) is 4.70. The SMILES string of the molecule is CC[C@H](C)NC(=O)[C@@H](C)N(CCc1ccccc1)C(=O)CN(c1ccccc1F)S(=O)(=O)c1ccc(C)cc1. The van der Waals surface area contributed by atoms with E-state index in [2.05, 4.69) is 5.32 Å². The molecular formula is C30H36FN3O4S. The molecule has 3 aromatic rings. The number of halogens is 1. The fraction of sp³-hybridized carbons (Fsp3) is 0.333. The molecule has 0 saturated carbocycles. The molecule has 0 fully saturated rings. The van der Waals surface area contributed by atoms with Crippen molar-refractivity contribution in [2.24, 2.45) is 0 Å². The number of nitrogens with one attached hydrogen (secondary N) is 1. The highest BCUT2D eigenvalue weighted by Crippen LogP contribution is 2.27. The van der Waals surface area contributed by atoms with Crippen LogP contribution in [0.3, 0.4) is 0 Å². The van der Waals surface area contributed by atoms with Crippen LogP contribution in [-0.2, 0) is 26.0 Å². The number of carbonyl (C=O) groups excluding carboxylic acids is 2. The van der Waals surface area contributed by atoms with Gasteiger partial charge < -0.3 is 10.2 Å². The summed E-state index contributed by atoms with van der Waals surface area (Å²) < 4.78 is 43.2. The Balaban J connectivity index is 1.98. The Bertz CT molecular complexity index is 1360. The molecule has 0 spiro atoms. The average Bonchev–Trinajstić information content (AvgIpc) is 2.92. The standard InChI is InChI=1S/C30H36FN3O4S/c1-5-23(3)32-30(36)24(4)33(20-19-25-11-7-6-8-12-25)29(35)21-34(28-14-10-9-13-27(28)31)39(37,38)26-17-15-22(2)16-18-26/h6-18,23-24H,5,19-21H2,1-4H3,(H,32,36)/t23-,24+/m0/s1. The van der Waals surface area contributed by atoms with E-state index in [1.807, 2.05) is 51.1 Å². The molecule has 0 radical (unpaired) electrons. The molecule has 3 rings (SSSR count). The fourth-order valence-corrected chi connectivity index (χ4v) is 5.46. The van der Waals surface area contributed by atoms with Gasteiger partial charge >= 0.3 is 0 Å². The van der Waals surface area contributed by atoms with E-state index in [1.165, 1.54) is 35.2 Å². The van der Waals surface area contributed by atoms with Gasteiger partial charge in [-0.25, -0.2) is 12.8 Å². The summed E-state index contributed by atoms with van der Waals surface area (Å²) in [7, 11) is -4.31. The third kappa shape index (κ3) is 7.66. The van der Waals surface area contributed by atoms with Crippen LogP contribution in [0.1, 0.15) is 38.3 Å². The lowest BCUT2D eigenvalue weighted by Gasteiger charge is -2.32. The summed E-state index contributed by atoms with van der Waals surface area (Å²) >= 11 is 0. The van der Waals surface area contributed by atoms with Gasteiger partial charge in [0.2, 0.25) is 11.8 Å². The highest BCUT2D eigenvalue weighted by atomic mass is 32.2. The van der Waals surface area contributed by atoms with Gasteiger partial charge in [0.1, 0.15) is 18.4 Å². The highest BCUT2D eigenvalue weighted by Gasteiger charge is 2.33. The first kappa shape index (κ1) is 29.8. The molecule has 0 saturated heterocycles. The van der Waals surface area contributed by atoms with Crippen LogP contribution >= 0.6 is 0 Å². The van der Waals surface area contributed by atoms with Crippen LogP contribution in [0.5, 0.6) is 0 Å². The van der Waals surface area contributed by atoms with Gasteiger partial charge in [0, 0.05) is 12.6 Å². The number of rotatable bonds is 12. The van der Waals surface area contributed by atoms with Crippen LogP contribution in [0.25, 0.3) is 0 Å². The number of hydrogen-bond donors (Lipinski definition) is 1. The number of aryl methyl sites for hydroxylation is 1. The van der Waals surface area contributed by atoms with Crippen LogP contribution in [0, 0.1) is 12.7 Å². The molecule has 7 nitrogen and oxygen atoms in total. The summed E-state index contributed by atoms with van der Waals surface area (Å²) in [5.74, 6) is -1.74. The van der Waals surface area contributed by atoms with E-state index in [9.17, 15) is 22.4 Å². The largest absolute Gasteiger partial charge is 0.352 e. The van der Waals surface area contributed by atoms with Gasteiger partial charge in [0.05, 0.1) is 10.6 Å². The van der Waals surface area contributed by atoms with Crippen LogP contribution in [0.4, 0.5) is 10.1 Å². The second-order valence-electron chi connectivity index (χ2n) is 9.59. The molecule has 2 atom stereocenters. The fourth-order valence-electron chi connectivity index (χ4n) is 4.04. The van der Waals surface area contributed by atoms with Crippen LogP contribution < -0.4 is 9.62 Å². The third-order valence-electron chi connectivity index (χ3n) is 6.66. The number of carbonyl (C=O) groups is 2. The van der Waals surface area contributed by atoms with E-state index in [1.54, 1.807) is 19.1 Å². The molecule has 0 aliphatic rings. The summed E-state index contributed by atoms with van der Waals surface area (Å²) in [4.78, 5) is 28.1. The average molecular weight is 554 g/mol. The smallest absolute Gasteiger partial charge is 0.264 e. The van der Waals surface area contributed by atoms with Crippen molar-refractivity contribution in [2.75, 3.05) is 17.4 Å². The Morgan fingerprint density at radius 2 is 1.54 bits per heavy atom. The predicted molar refractivity (Wildman–Crippen MR) is 151 cm³/mol. The second kappa shape index (κ2) is 13.4. The quantitative estimate of drug-likeness (QED) is 0.352. The zero-order chi connectivity index (χ0) is 28.6. The Morgan fingerprint density at radius 1 is 0.923 bits per heavy atom. The number of hydrogen-bond acceptors (Lipinski definition) is 4. The number of anilines is 1. The first-order chi connectivity index (χ1) is 18.5. The molecule has 1 N–H and O–H groups in total. The van der Waals surface area contributed by atoms with E-state index in [0.717, 1.165) is 21.5 Å².